The molecule has 0 saturated carbocycles. The van der Waals surface area contributed by atoms with Gasteiger partial charge in [0.05, 0.1) is 26.3 Å². The molecule has 1 aromatic carbocycles. The minimum absolute atomic E-state index is 0.00962. The summed E-state index contributed by atoms with van der Waals surface area (Å²) in [5.74, 6) is 0.596. The van der Waals surface area contributed by atoms with Crippen LogP contribution in [0.15, 0.2) is 23.4 Å². The maximum atomic E-state index is 12.2. The number of nitrogens with two attached hydrogens (primary N) is 1. The first-order valence-corrected chi connectivity index (χ1v) is 5.47. The fraction of sp³-hybridized carbons (Fsp3) is 0.333. The van der Waals surface area contributed by atoms with Crippen molar-refractivity contribution in [3.8, 4) is 11.5 Å². The number of ether oxygens (including phenoxy) is 2. The van der Waals surface area contributed by atoms with Crippen molar-refractivity contribution in [1.29, 1.82) is 0 Å². The van der Waals surface area contributed by atoms with Gasteiger partial charge in [0.2, 0.25) is 0 Å². The Labute approximate surface area is 111 Å². The number of likely N-dealkylation sites (N-methyl/N-ethyl adjacent to an activating group) is 1. The van der Waals surface area contributed by atoms with E-state index in [4.69, 9.17) is 20.4 Å². The molecule has 7 nitrogen and oxygen atoms in total. The molecule has 3 N–H and O–H groups in total. The normalized spacial score (nSPS) is 11.0. The molecule has 104 valence electrons. The number of carbonyl (C=O) groups is 1. The zero-order chi connectivity index (χ0) is 14.4. The summed E-state index contributed by atoms with van der Waals surface area (Å²) >= 11 is 0. The van der Waals surface area contributed by atoms with Crippen LogP contribution in [0.5, 0.6) is 11.5 Å². The molecule has 7 heteroatoms. The molecule has 19 heavy (non-hydrogen) atoms. The topological polar surface area (TPSA) is 97.4 Å². The van der Waals surface area contributed by atoms with Gasteiger partial charge in [-0.3, -0.25) is 4.79 Å². The number of carbonyl (C=O) groups excluding carboxylic acids is 1. The van der Waals surface area contributed by atoms with E-state index in [-0.39, 0.29) is 18.3 Å². The third kappa shape index (κ3) is 3.51. The highest BCUT2D eigenvalue weighted by Crippen LogP contribution is 2.24. The van der Waals surface area contributed by atoms with Gasteiger partial charge >= 0.3 is 0 Å². The molecule has 1 aromatic rings. The second-order valence-corrected chi connectivity index (χ2v) is 3.82. The second-order valence-electron chi connectivity index (χ2n) is 3.82. The van der Waals surface area contributed by atoms with Gasteiger partial charge in [-0.05, 0) is 18.2 Å². The summed E-state index contributed by atoms with van der Waals surface area (Å²) in [4.78, 5) is 13.6. The Kier molecular flexibility index (Phi) is 4.99. The molecule has 1 amide bonds. The number of amidine groups is 1. The van der Waals surface area contributed by atoms with Crippen molar-refractivity contribution < 1.29 is 19.5 Å². The van der Waals surface area contributed by atoms with Gasteiger partial charge in [-0.15, -0.1) is 0 Å². The lowest BCUT2D eigenvalue weighted by molar-refractivity contribution is 0.0810. The number of methoxy groups -OCH3 is 2. The zero-order valence-corrected chi connectivity index (χ0v) is 11.1. The summed E-state index contributed by atoms with van der Waals surface area (Å²) in [7, 11) is 4.53. The molecule has 0 aromatic heterocycles. The smallest absolute Gasteiger partial charge is 0.257 e. The van der Waals surface area contributed by atoms with E-state index in [0.29, 0.717) is 17.1 Å². The fourth-order valence-electron chi connectivity index (χ4n) is 1.53. The SMILES string of the molecule is COc1ccc(OC)c(C(=O)N(C)CC(N)=NO)c1. The fourth-order valence-corrected chi connectivity index (χ4v) is 1.53. The highest BCUT2D eigenvalue weighted by atomic mass is 16.5. The Morgan fingerprint density at radius 1 is 1.42 bits per heavy atom. The lowest BCUT2D eigenvalue weighted by atomic mass is 10.1. The highest BCUT2D eigenvalue weighted by molar-refractivity contribution is 5.99. The van der Waals surface area contributed by atoms with Crippen molar-refractivity contribution in [2.75, 3.05) is 27.8 Å². The van der Waals surface area contributed by atoms with Gasteiger partial charge in [-0.2, -0.15) is 0 Å². The summed E-state index contributed by atoms with van der Waals surface area (Å²) < 4.78 is 10.2. The minimum atomic E-state index is -0.317. The average molecular weight is 267 g/mol. The third-order valence-corrected chi connectivity index (χ3v) is 2.51. The summed E-state index contributed by atoms with van der Waals surface area (Å²) in [6.45, 7) is 0.00962. The van der Waals surface area contributed by atoms with Crippen LogP contribution < -0.4 is 15.2 Å². The van der Waals surface area contributed by atoms with E-state index < -0.39 is 0 Å². The number of benzene rings is 1. The number of nitrogens with zero attached hydrogens (tertiary/aromatic N) is 2. The lowest BCUT2D eigenvalue weighted by Crippen LogP contribution is -2.35. The molecule has 0 aliphatic rings. The van der Waals surface area contributed by atoms with Crippen molar-refractivity contribution in [3.63, 3.8) is 0 Å². The van der Waals surface area contributed by atoms with Gasteiger partial charge in [0.25, 0.3) is 5.91 Å². The van der Waals surface area contributed by atoms with Crippen LogP contribution in [-0.4, -0.2) is 49.7 Å². The van der Waals surface area contributed by atoms with E-state index in [0.717, 1.165) is 0 Å². The van der Waals surface area contributed by atoms with Gasteiger partial charge in [0.1, 0.15) is 11.5 Å². The Bertz CT molecular complexity index is 488. The second kappa shape index (κ2) is 6.48. The zero-order valence-electron chi connectivity index (χ0n) is 11.1. The monoisotopic (exact) mass is 267 g/mol. The van der Waals surface area contributed by atoms with Crippen molar-refractivity contribution in [1.82, 2.24) is 4.90 Å². The minimum Gasteiger partial charge on any atom is -0.497 e. The van der Waals surface area contributed by atoms with Crippen LogP contribution in [0.2, 0.25) is 0 Å². The van der Waals surface area contributed by atoms with Crippen LogP contribution in [0.1, 0.15) is 10.4 Å². The summed E-state index contributed by atoms with van der Waals surface area (Å²) in [6, 6.07) is 4.91. The predicted octanol–water partition coefficient (Wildman–Crippen LogP) is 0.522. The van der Waals surface area contributed by atoms with Gasteiger partial charge in [0.15, 0.2) is 5.84 Å². The first-order valence-electron chi connectivity index (χ1n) is 5.47. The van der Waals surface area contributed by atoms with Gasteiger partial charge < -0.3 is 25.3 Å². The van der Waals surface area contributed by atoms with Crippen LogP contribution in [0.3, 0.4) is 0 Å². The number of rotatable bonds is 5. The first kappa shape index (κ1) is 14.6. The number of oxime groups is 1. The number of hydrogen-bond acceptors (Lipinski definition) is 5. The largest absolute Gasteiger partial charge is 0.497 e. The molecule has 0 fully saturated rings. The molecular weight excluding hydrogens is 250 g/mol. The molecule has 0 atom stereocenters. The van der Waals surface area contributed by atoms with E-state index in [1.807, 2.05) is 0 Å². The van der Waals surface area contributed by atoms with Crippen LogP contribution in [0.25, 0.3) is 0 Å². The number of amides is 1. The molecule has 0 aliphatic heterocycles. The van der Waals surface area contributed by atoms with Crippen LogP contribution in [-0.2, 0) is 0 Å². The Morgan fingerprint density at radius 2 is 2.11 bits per heavy atom. The Morgan fingerprint density at radius 3 is 2.63 bits per heavy atom. The Hall–Kier alpha value is -2.44. The molecule has 0 bridgehead atoms. The van der Waals surface area contributed by atoms with Gasteiger partial charge in [0, 0.05) is 7.05 Å². The van der Waals surface area contributed by atoms with Crippen LogP contribution >= 0.6 is 0 Å². The van der Waals surface area contributed by atoms with Crippen molar-refractivity contribution in [3.05, 3.63) is 23.8 Å². The third-order valence-electron chi connectivity index (χ3n) is 2.51. The Balaban J connectivity index is 3.03. The average Bonchev–Trinajstić information content (AvgIpc) is 2.45. The molecule has 0 spiro atoms. The van der Waals surface area contributed by atoms with Crippen LogP contribution in [0, 0.1) is 0 Å². The van der Waals surface area contributed by atoms with Crippen LogP contribution in [0.4, 0.5) is 0 Å². The molecule has 0 radical (unpaired) electrons. The molecule has 0 unspecified atom stereocenters. The van der Waals surface area contributed by atoms with Gasteiger partial charge in [-0.1, -0.05) is 5.16 Å². The summed E-state index contributed by atoms with van der Waals surface area (Å²) in [5.41, 5.74) is 5.71. The molecule has 1 rings (SSSR count). The maximum Gasteiger partial charge on any atom is 0.257 e. The molecule has 0 aliphatic carbocycles. The predicted molar refractivity (Wildman–Crippen MR) is 69.9 cm³/mol. The van der Waals surface area contributed by atoms with E-state index in [2.05, 4.69) is 5.16 Å². The summed E-state index contributed by atoms with van der Waals surface area (Å²) in [6.07, 6.45) is 0. The van der Waals surface area contributed by atoms with Crippen molar-refractivity contribution in [2.45, 2.75) is 0 Å². The first-order chi connectivity index (χ1) is 9.03. The van der Waals surface area contributed by atoms with E-state index in [1.165, 1.54) is 19.1 Å². The standard InChI is InChI=1S/C12H17N3O4/c1-15(7-11(13)14-17)12(16)9-6-8(18-2)4-5-10(9)19-3/h4-6,17H,7H2,1-3H3,(H2,13,14). The molecular formula is C12H17N3O4. The number of hydrogen-bond donors (Lipinski definition) is 2. The molecule has 0 heterocycles. The van der Waals surface area contributed by atoms with Crippen molar-refractivity contribution in [2.24, 2.45) is 10.9 Å². The lowest BCUT2D eigenvalue weighted by Gasteiger charge is -2.18. The quantitative estimate of drug-likeness (QED) is 0.351. The highest BCUT2D eigenvalue weighted by Gasteiger charge is 2.18. The van der Waals surface area contributed by atoms with E-state index in [1.54, 1.807) is 25.2 Å². The van der Waals surface area contributed by atoms with Crippen molar-refractivity contribution >= 4 is 11.7 Å². The summed E-state index contributed by atoms with van der Waals surface area (Å²) in [5, 5.41) is 11.3. The molecule has 0 saturated heterocycles. The van der Waals surface area contributed by atoms with Gasteiger partial charge in [-0.25, -0.2) is 0 Å². The maximum absolute atomic E-state index is 12.2. The van der Waals surface area contributed by atoms with E-state index in [9.17, 15) is 4.79 Å². The van der Waals surface area contributed by atoms with E-state index >= 15 is 0 Å².